The lowest BCUT2D eigenvalue weighted by Crippen LogP contribution is -2.51. The Kier molecular flexibility index (Phi) is 6.57. The van der Waals surface area contributed by atoms with Crippen molar-refractivity contribution in [1.82, 2.24) is 25.2 Å². The molecule has 2 bridgehead atoms. The highest BCUT2D eigenvalue weighted by Gasteiger charge is 2.44. The van der Waals surface area contributed by atoms with E-state index >= 15 is 0 Å². The number of phenols is 1. The lowest BCUT2D eigenvalue weighted by atomic mass is 9.93. The van der Waals surface area contributed by atoms with Crippen LogP contribution in [0.25, 0.3) is 32.9 Å². The SMILES string of the molecule is C#Cc1c(F)ccc2cc(O)cc(-c3cc4nc(OCC5(CN(C)C)CC5)nc(N5CC6CCC(C5)N6)c4nc3C#N)c12. The van der Waals surface area contributed by atoms with Crippen LogP contribution in [0.2, 0.25) is 0 Å². The Bertz CT molecular complexity index is 1850. The fourth-order valence-corrected chi connectivity index (χ4v) is 6.76. The van der Waals surface area contributed by atoms with Gasteiger partial charge in [-0.1, -0.05) is 12.0 Å². The molecule has 1 saturated carbocycles. The van der Waals surface area contributed by atoms with Crippen LogP contribution in [0.3, 0.4) is 0 Å². The Morgan fingerprint density at radius 3 is 2.58 bits per heavy atom. The molecule has 3 aliphatic rings. The molecule has 9 nitrogen and oxygen atoms in total. The Morgan fingerprint density at radius 1 is 1.14 bits per heavy atom. The number of phenolic OH excluding ortho intramolecular Hbond substituents is 1. The number of aromatic hydroxyl groups is 1. The number of nitriles is 1. The number of anilines is 1. The average molecular weight is 578 g/mol. The van der Waals surface area contributed by atoms with Crippen molar-refractivity contribution in [2.75, 3.05) is 45.2 Å². The minimum absolute atomic E-state index is 0.0413. The standard InChI is InChI=1S/C33H32FN7O2/c1-4-23-26(34)8-5-19-11-22(42)12-25(29(19)23)24-13-27-30(37-28(24)14-35)31(41-15-20-6-7-21(16-41)36-20)39-32(38-27)43-18-33(9-10-33)17-40(2)3/h1,5,8,11-13,20-21,36,42H,6-7,9-10,15-18H2,2-3H3. The minimum atomic E-state index is -0.561. The maximum absolute atomic E-state index is 14.9. The van der Waals surface area contributed by atoms with Crippen molar-refractivity contribution in [2.45, 2.75) is 37.8 Å². The molecule has 0 radical (unpaired) electrons. The van der Waals surface area contributed by atoms with Gasteiger partial charge in [-0.3, -0.25) is 0 Å². The van der Waals surface area contributed by atoms with E-state index < -0.39 is 5.82 Å². The fraction of sp³-hybridized carbons (Fsp3) is 0.394. The number of hydrogen-bond donors (Lipinski definition) is 2. The zero-order valence-electron chi connectivity index (χ0n) is 24.2. The normalized spacial score (nSPS) is 20.4. The average Bonchev–Trinajstić information content (AvgIpc) is 3.67. The summed E-state index contributed by atoms with van der Waals surface area (Å²) in [6.45, 7) is 2.95. The van der Waals surface area contributed by atoms with E-state index in [0.717, 1.165) is 45.3 Å². The van der Waals surface area contributed by atoms with Crippen molar-refractivity contribution in [3.8, 4) is 41.3 Å². The van der Waals surface area contributed by atoms with E-state index in [4.69, 9.17) is 26.1 Å². The van der Waals surface area contributed by atoms with Gasteiger partial charge in [-0.25, -0.2) is 9.37 Å². The monoisotopic (exact) mass is 577 g/mol. The molecular formula is C33H32FN7O2. The summed E-state index contributed by atoms with van der Waals surface area (Å²) in [5.41, 5.74) is 2.02. The van der Waals surface area contributed by atoms with Gasteiger partial charge in [0.05, 0.1) is 17.7 Å². The Labute approximate surface area is 249 Å². The third kappa shape index (κ3) is 4.97. The second-order valence-electron chi connectivity index (χ2n) is 12.4. The predicted molar refractivity (Wildman–Crippen MR) is 162 cm³/mol. The molecule has 0 amide bonds. The Hall–Kier alpha value is -4.51. The molecule has 4 aromatic rings. The number of terminal acetylenes is 1. The number of halogens is 1. The summed E-state index contributed by atoms with van der Waals surface area (Å²) in [5.74, 6) is 2.48. The third-order valence-corrected chi connectivity index (χ3v) is 8.86. The Morgan fingerprint density at radius 2 is 1.91 bits per heavy atom. The number of piperazine rings is 1. The quantitative estimate of drug-likeness (QED) is 0.312. The van der Waals surface area contributed by atoms with E-state index in [1.807, 2.05) is 0 Å². The molecule has 7 rings (SSSR count). The number of pyridine rings is 1. The smallest absolute Gasteiger partial charge is 0.319 e. The van der Waals surface area contributed by atoms with Gasteiger partial charge in [0.2, 0.25) is 0 Å². The lowest BCUT2D eigenvalue weighted by Gasteiger charge is -2.34. The van der Waals surface area contributed by atoms with Gasteiger partial charge in [-0.15, -0.1) is 6.42 Å². The number of benzene rings is 2. The van der Waals surface area contributed by atoms with Gasteiger partial charge in [-0.05, 0) is 75.0 Å². The lowest BCUT2D eigenvalue weighted by molar-refractivity contribution is 0.183. The first-order valence-electron chi connectivity index (χ1n) is 14.6. The van der Waals surface area contributed by atoms with Crippen LogP contribution in [0.1, 0.15) is 36.9 Å². The topological polar surface area (TPSA) is 110 Å². The molecule has 3 fully saturated rings. The largest absolute Gasteiger partial charge is 0.508 e. The van der Waals surface area contributed by atoms with E-state index in [-0.39, 0.29) is 28.4 Å². The van der Waals surface area contributed by atoms with Gasteiger partial charge in [0, 0.05) is 48.1 Å². The number of nitrogens with zero attached hydrogens (tertiary/aromatic N) is 6. The molecule has 2 saturated heterocycles. The summed E-state index contributed by atoms with van der Waals surface area (Å²) < 4.78 is 21.1. The summed E-state index contributed by atoms with van der Waals surface area (Å²) >= 11 is 0. The highest BCUT2D eigenvalue weighted by Crippen LogP contribution is 2.46. The van der Waals surface area contributed by atoms with Gasteiger partial charge in [0.1, 0.15) is 28.8 Å². The molecule has 2 N–H and O–H groups in total. The highest BCUT2D eigenvalue weighted by molar-refractivity contribution is 6.04. The van der Waals surface area contributed by atoms with Gasteiger partial charge >= 0.3 is 6.01 Å². The number of ether oxygens (including phenoxy) is 1. The van der Waals surface area contributed by atoms with E-state index in [1.54, 1.807) is 12.1 Å². The zero-order valence-corrected chi connectivity index (χ0v) is 24.2. The summed E-state index contributed by atoms with van der Waals surface area (Å²) in [5, 5.41) is 25.5. The van der Waals surface area contributed by atoms with E-state index in [1.165, 1.54) is 18.2 Å². The molecule has 4 heterocycles. The first-order valence-corrected chi connectivity index (χ1v) is 14.6. The molecular weight excluding hydrogens is 545 g/mol. The molecule has 43 heavy (non-hydrogen) atoms. The predicted octanol–water partition coefficient (Wildman–Crippen LogP) is 4.20. The minimum Gasteiger partial charge on any atom is -0.508 e. The molecule has 2 unspecified atom stereocenters. The summed E-state index contributed by atoms with van der Waals surface area (Å²) in [4.78, 5) is 18.8. The summed E-state index contributed by atoms with van der Waals surface area (Å²) in [7, 11) is 4.12. The molecule has 10 heteroatoms. The number of aromatic nitrogens is 3. The number of hydrogen-bond acceptors (Lipinski definition) is 9. The maximum atomic E-state index is 14.9. The first kappa shape index (κ1) is 27.3. The summed E-state index contributed by atoms with van der Waals surface area (Å²) in [6, 6.07) is 10.8. The van der Waals surface area contributed by atoms with Crippen molar-refractivity contribution in [2.24, 2.45) is 5.41 Å². The van der Waals surface area contributed by atoms with Crippen LogP contribution in [0, 0.1) is 34.9 Å². The second-order valence-corrected chi connectivity index (χ2v) is 12.4. The number of nitrogens with one attached hydrogen (secondary N) is 1. The van der Waals surface area contributed by atoms with Crippen molar-refractivity contribution in [3.63, 3.8) is 0 Å². The fourth-order valence-electron chi connectivity index (χ4n) is 6.76. The van der Waals surface area contributed by atoms with Crippen LogP contribution < -0.4 is 15.0 Å². The van der Waals surface area contributed by atoms with Crippen molar-refractivity contribution < 1.29 is 14.2 Å². The highest BCUT2D eigenvalue weighted by atomic mass is 19.1. The second kappa shape index (κ2) is 10.3. The van der Waals surface area contributed by atoms with Crippen LogP contribution in [-0.2, 0) is 0 Å². The van der Waals surface area contributed by atoms with Crippen molar-refractivity contribution in [3.05, 3.63) is 47.4 Å². The van der Waals surface area contributed by atoms with Crippen molar-refractivity contribution >= 4 is 27.6 Å². The molecule has 2 aromatic heterocycles. The van der Waals surface area contributed by atoms with E-state index in [2.05, 4.69) is 41.2 Å². The molecule has 218 valence electrons. The van der Waals surface area contributed by atoms with E-state index in [9.17, 15) is 14.8 Å². The Balaban J connectivity index is 1.40. The van der Waals surface area contributed by atoms with E-state index in [0.29, 0.717) is 57.4 Å². The van der Waals surface area contributed by atoms with Gasteiger partial charge in [0.25, 0.3) is 0 Å². The van der Waals surface area contributed by atoms with Crippen LogP contribution in [0.5, 0.6) is 11.8 Å². The van der Waals surface area contributed by atoms with Crippen molar-refractivity contribution in [1.29, 1.82) is 5.26 Å². The maximum Gasteiger partial charge on any atom is 0.319 e. The molecule has 1 aliphatic carbocycles. The molecule has 2 aromatic carbocycles. The molecule has 2 atom stereocenters. The third-order valence-electron chi connectivity index (χ3n) is 8.86. The number of fused-ring (bicyclic) bond motifs is 4. The van der Waals surface area contributed by atoms with Gasteiger partial charge in [-0.2, -0.15) is 15.2 Å². The van der Waals surface area contributed by atoms with Gasteiger partial charge < -0.3 is 25.0 Å². The summed E-state index contributed by atoms with van der Waals surface area (Å²) in [6.07, 6.45) is 10.1. The van der Waals surface area contributed by atoms with Crippen LogP contribution in [0.15, 0.2) is 30.3 Å². The van der Waals surface area contributed by atoms with Gasteiger partial charge in [0.15, 0.2) is 5.82 Å². The molecule has 2 aliphatic heterocycles. The van der Waals surface area contributed by atoms with Crippen LogP contribution >= 0.6 is 0 Å². The van der Waals surface area contributed by atoms with Crippen LogP contribution in [0.4, 0.5) is 10.2 Å². The zero-order chi connectivity index (χ0) is 29.9. The molecule has 0 spiro atoms. The van der Waals surface area contributed by atoms with Crippen LogP contribution in [-0.4, -0.2) is 77.4 Å². The first-order chi connectivity index (χ1) is 20.8. The number of rotatable bonds is 7.